The molecule has 0 aliphatic rings. The van der Waals surface area contributed by atoms with E-state index in [9.17, 15) is 4.79 Å². The van der Waals surface area contributed by atoms with Crippen LogP contribution in [0.3, 0.4) is 0 Å². The number of hydrogen-bond acceptors (Lipinski definition) is 4. The number of fused-ring (bicyclic) bond motifs is 1. The second-order valence-electron chi connectivity index (χ2n) is 4.18. The minimum absolute atomic E-state index is 0.510. The van der Waals surface area contributed by atoms with E-state index in [2.05, 4.69) is 33.2 Å². The predicted octanol–water partition coefficient (Wildman–Crippen LogP) is 4.14. The van der Waals surface area contributed by atoms with Gasteiger partial charge in [-0.3, -0.25) is 5.32 Å². The Morgan fingerprint density at radius 2 is 2.00 bits per heavy atom. The van der Waals surface area contributed by atoms with Gasteiger partial charge < -0.3 is 4.74 Å². The van der Waals surface area contributed by atoms with Gasteiger partial charge in [0.15, 0.2) is 5.13 Å². The van der Waals surface area contributed by atoms with Crippen molar-refractivity contribution in [2.45, 2.75) is 0 Å². The number of aromatic nitrogens is 1. The van der Waals surface area contributed by atoms with Crippen molar-refractivity contribution in [2.24, 2.45) is 0 Å². The Bertz CT molecular complexity index is 762. The first-order chi connectivity index (χ1) is 9.78. The van der Waals surface area contributed by atoms with E-state index in [1.54, 1.807) is 0 Å². The molecule has 4 nitrogen and oxygen atoms in total. The maximum Gasteiger partial charge on any atom is 0.413 e. The minimum Gasteiger partial charge on any atom is -0.453 e. The van der Waals surface area contributed by atoms with Crippen molar-refractivity contribution in [3.05, 3.63) is 47.8 Å². The third kappa shape index (κ3) is 2.35. The lowest BCUT2D eigenvalue weighted by Crippen LogP contribution is -2.10. The smallest absolute Gasteiger partial charge is 0.413 e. The topological polar surface area (TPSA) is 51.2 Å². The normalized spacial score (nSPS) is 10.4. The van der Waals surface area contributed by atoms with Crippen molar-refractivity contribution in [1.29, 1.82) is 0 Å². The highest BCUT2D eigenvalue weighted by Crippen LogP contribution is 2.30. The Kier molecular flexibility index (Phi) is 3.35. The standard InChI is InChI=1S/C15H12N2O2S/c1-19-15(18)17-14-16-13(9-20-14)12-8-4-6-10-5-2-3-7-11(10)12/h2-9H,1H3,(H,16,17,18). The Balaban J connectivity index is 2.01. The molecule has 0 saturated heterocycles. The molecule has 0 fully saturated rings. The molecule has 0 aliphatic heterocycles. The van der Waals surface area contributed by atoms with E-state index >= 15 is 0 Å². The zero-order valence-electron chi connectivity index (χ0n) is 10.8. The summed E-state index contributed by atoms with van der Waals surface area (Å²) in [4.78, 5) is 15.6. The van der Waals surface area contributed by atoms with Crippen molar-refractivity contribution in [1.82, 2.24) is 4.98 Å². The van der Waals surface area contributed by atoms with Crippen LogP contribution in [0.15, 0.2) is 47.8 Å². The molecule has 0 unspecified atom stereocenters. The van der Waals surface area contributed by atoms with Crippen LogP contribution >= 0.6 is 11.3 Å². The fourth-order valence-corrected chi connectivity index (χ4v) is 2.74. The van der Waals surface area contributed by atoms with Crippen molar-refractivity contribution in [3.63, 3.8) is 0 Å². The minimum atomic E-state index is -0.510. The van der Waals surface area contributed by atoms with Crippen LogP contribution in [-0.4, -0.2) is 18.2 Å². The maximum absolute atomic E-state index is 11.2. The number of nitrogens with zero attached hydrogens (tertiary/aromatic N) is 1. The average Bonchev–Trinajstić information content (AvgIpc) is 2.94. The second kappa shape index (κ2) is 5.30. The Morgan fingerprint density at radius 3 is 2.85 bits per heavy atom. The summed E-state index contributed by atoms with van der Waals surface area (Å²) in [6.07, 6.45) is -0.510. The monoisotopic (exact) mass is 284 g/mol. The molecule has 0 radical (unpaired) electrons. The first-order valence-electron chi connectivity index (χ1n) is 6.06. The molecule has 1 aromatic heterocycles. The fraction of sp³-hybridized carbons (Fsp3) is 0.0667. The van der Waals surface area contributed by atoms with E-state index in [0.29, 0.717) is 5.13 Å². The largest absolute Gasteiger partial charge is 0.453 e. The average molecular weight is 284 g/mol. The molecule has 100 valence electrons. The van der Waals surface area contributed by atoms with Crippen LogP contribution in [0, 0.1) is 0 Å². The summed E-state index contributed by atoms with van der Waals surface area (Å²) in [5, 5.41) is 7.34. The quantitative estimate of drug-likeness (QED) is 0.769. The van der Waals surface area contributed by atoms with Gasteiger partial charge in [0.2, 0.25) is 0 Å². The maximum atomic E-state index is 11.2. The molecule has 0 aliphatic carbocycles. The zero-order chi connectivity index (χ0) is 13.9. The molecule has 0 bridgehead atoms. The molecule has 0 atom stereocenters. The van der Waals surface area contributed by atoms with Crippen molar-refractivity contribution in [3.8, 4) is 11.3 Å². The van der Waals surface area contributed by atoms with Crippen LogP contribution in [0.5, 0.6) is 0 Å². The SMILES string of the molecule is COC(=O)Nc1nc(-c2cccc3ccccc23)cs1. The number of rotatable bonds is 2. The first kappa shape index (κ1) is 12.6. The number of thiazole rings is 1. The molecule has 20 heavy (non-hydrogen) atoms. The molecule has 1 heterocycles. The highest BCUT2D eigenvalue weighted by molar-refractivity contribution is 7.14. The molecule has 1 N–H and O–H groups in total. The van der Waals surface area contributed by atoms with Crippen molar-refractivity contribution < 1.29 is 9.53 Å². The van der Waals surface area contributed by atoms with E-state index in [0.717, 1.165) is 16.6 Å². The Hall–Kier alpha value is -2.40. The van der Waals surface area contributed by atoms with Crippen molar-refractivity contribution in [2.75, 3.05) is 12.4 Å². The first-order valence-corrected chi connectivity index (χ1v) is 6.94. The van der Waals surface area contributed by atoms with Gasteiger partial charge in [0, 0.05) is 10.9 Å². The highest BCUT2D eigenvalue weighted by Gasteiger charge is 2.09. The van der Waals surface area contributed by atoms with Gasteiger partial charge in [-0.05, 0) is 10.8 Å². The summed E-state index contributed by atoms with van der Waals surface area (Å²) in [5.41, 5.74) is 1.90. The Labute approximate surface area is 120 Å². The van der Waals surface area contributed by atoms with Gasteiger partial charge in [-0.1, -0.05) is 42.5 Å². The summed E-state index contributed by atoms with van der Waals surface area (Å²) in [5.74, 6) is 0. The van der Waals surface area contributed by atoms with E-state index in [1.807, 2.05) is 29.6 Å². The zero-order valence-corrected chi connectivity index (χ0v) is 11.6. The second-order valence-corrected chi connectivity index (χ2v) is 5.04. The molecular formula is C15H12N2O2S. The molecule has 3 aromatic rings. The van der Waals surface area contributed by atoms with Crippen molar-refractivity contribution >= 4 is 33.3 Å². The van der Waals surface area contributed by atoms with Gasteiger partial charge in [0.05, 0.1) is 12.8 Å². The van der Waals surface area contributed by atoms with E-state index in [4.69, 9.17) is 0 Å². The predicted molar refractivity (Wildman–Crippen MR) is 81.1 cm³/mol. The summed E-state index contributed by atoms with van der Waals surface area (Å²) >= 11 is 1.37. The van der Waals surface area contributed by atoms with Crippen LogP contribution in [0.1, 0.15) is 0 Å². The Morgan fingerprint density at radius 1 is 1.20 bits per heavy atom. The number of carbonyl (C=O) groups excluding carboxylic acids is 1. The number of ether oxygens (including phenoxy) is 1. The number of methoxy groups -OCH3 is 1. The molecule has 1 amide bonds. The van der Waals surface area contributed by atoms with Crippen LogP contribution in [0.25, 0.3) is 22.0 Å². The number of nitrogens with one attached hydrogen (secondary N) is 1. The third-order valence-electron chi connectivity index (χ3n) is 2.96. The van der Waals surface area contributed by atoms with Gasteiger partial charge in [-0.15, -0.1) is 11.3 Å². The molecular weight excluding hydrogens is 272 g/mol. The van der Waals surface area contributed by atoms with Gasteiger partial charge >= 0.3 is 6.09 Å². The van der Waals surface area contributed by atoms with E-state index in [-0.39, 0.29) is 0 Å². The third-order valence-corrected chi connectivity index (χ3v) is 3.72. The molecule has 3 rings (SSSR count). The van der Waals surface area contributed by atoms with Gasteiger partial charge in [0.1, 0.15) is 0 Å². The molecule has 2 aromatic carbocycles. The molecule has 0 saturated carbocycles. The molecule has 5 heteroatoms. The summed E-state index contributed by atoms with van der Waals surface area (Å²) in [6.45, 7) is 0. The van der Waals surface area contributed by atoms with Gasteiger partial charge in [-0.2, -0.15) is 0 Å². The van der Waals surface area contributed by atoms with E-state index in [1.165, 1.54) is 23.8 Å². The lowest BCUT2D eigenvalue weighted by molar-refractivity contribution is 0.187. The summed E-state index contributed by atoms with van der Waals surface area (Å²) < 4.78 is 4.56. The van der Waals surface area contributed by atoms with Gasteiger partial charge in [0.25, 0.3) is 0 Å². The number of amides is 1. The highest BCUT2D eigenvalue weighted by atomic mass is 32.1. The number of carbonyl (C=O) groups is 1. The number of anilines is 1. The van der Waals surface area contributed by atoms with Crippen LogP contribution in [0.2, 0.25) is 0 Å². The van der Waals surface area contributed by atoms with Crippen LogP contribution in [0.4, 0.5) is 9.93 Å². The van der Waals surface area contributed by atoms with Gasteiger partial charge in [-0.25, -0.2) is 9.78 Å². The van der Waals surface area contributed by atoms with E-state index < -0.39 is 6.09 Å². The summed E-state index contributed by atoms with van der Waals surface area (Å²) in [6, 6.07) is 14.3. The molecule has 0 spiro atoms. The summed E-state index contributed by atoms with van der Waals surface area (Å²) in [7, 11) is 1.33. The lowest BCUT2D eigenvalue weighted by atomic mass is 10.0. The lowest BCUT2D eigenvalue weighted by Gasteiger charge is -2.03. The van der Waals surface area contributed by atoms with Crippen LogP contribution < -0.4 is 5.32 Å². The van der Waals surface area contributed by atoms with Crippen LogP contribution in [-0.2, 0) is 4.74 Å². The number of hydrogen-bond donors (Lipinski definition) is 1. The number of benzene rings is 2. The fourth-order valence-electron chi connectivity index (χ4n) is 2.04.